The molecule has 0 bridgehead atoms. The first-order chi connectivity index (χ1) is 14.1. The van der Waals surface area contributed by atoms with Crippen molar-refractivity contribution in [2.45, 2.75) is 20.0 Å². The van der Waals surface area contributed by atoms with E-state index in [1.165, 1.54) is 0 Å². The van der Waals surface area contributed by atoms with E-state index >= 15 is 0 Å². The lowest BCUT2D eigenvalue weighted by molar-refractivity contribution is 0.174. The molecule has 7 heteroatoms. The second-order valence-electron chi connectivity index (χ2n) is 6.76. The van der Waals surface area contributed by atoms with Gasteiger partial charge in [-0.3, -0.25) is 0 Å². The molecule has 0 saturated carbocycles. The van der Waals surface area contributed by atoms with Crippen LogP contribution in [0.2, 0.25) is 0 Å². The van der Waals surface area contributed by atoms with Crippen LogP contribution in [-0.2, 0) is 13.1 Å². The Balaban J connectivity index is 1.56. The monoisotopic (exact) mass is 410 g/mol. The van der Waals surface area contributed by atoms with Gasteiger partial charge in [-0.25, -0.2) is 0 Å². The van der Waals surface area contributed by atoms with Gasteiger partial charge in [0.25, 0.3) is 0 Å². The second kappa shape index (κ2) is 8.45. The van der Waals surface area contributed by atoms with E-state index in [0.29, 0.717) is 18.2 Å². The average molecular weight is 410 g/mol. The van der Waals surface area contributed by atoms with Crippen LogP contribution >= 0.6 is 12.2 Å². The minimum Gasteiger partial charge on any atom is -0.495 e. The van der Waals surface area contributed by atoms with Crippen molar-refractivity contribution in [3.63, 3.8) is 0 Å². The van der Waals surface area contributed by atoms with Crippen molar-refractivity contribution in [3.8, 4) is 17.2 Å². The summed E-state index contributed by atoms with van der Waals surface area (Å²) in [6, 6.07) is 15.7. The molecule has 0 fully saturated rings. The molecule has 0 unspecified atom stereocenters. The number of nitrogens with zero attached hydrogens (tertiary/aromatic N) is 1. The van der Waals surface area contributed by atoms with Crippen molar-refractivity contribution < 1.29 is 18.6 Å². The third kappa shape index (κ3) is 4.46. The summed E-state index contributed by atoms with van der Waals surface area (Å²) in [4.78, 5) is 2.04. The molecule has 0 spiro atoms. The minimum absolute atomic E-state index is 0.252. The van der Waals surface area contributed by atoms with E-state index in [4.69, 9.17) is 30.8 Å². The van der Waals surface area contributed by atoms with Gasteiger partial charge in [-0.2, -0.15) is 0 Å². The number of furan rings is 1. The van der Waals surface area contributed by atoms with E-state index in [2.05, 4.69) is 5.32 Å². The van der Waals surface area contributed by atoms with Crippen LogP contribution in [0.5, 0.6) is 17.2 Å². The maximum Gasteiger partial charge on any atom is 0.231 e. The van der Waals surface area contributed by atoms with Crippen molar-refractivity contribution >= 4 is 23.0 Å². The maximum absolute atomic E-state index is 5.74. The van der Waals surface area contributed by atoms with Crippen molar-refractivity contribution in [3.05, 3.63) is 71.7 Å². The zero-order valence-corrected chi connectivity index (χ0v) is 17.1. The summed E-state index contributed by atoms with van der Waals surface area (Å²) >= 11 is 5.74. The SMILES string of the molecule is COc1ccc(C)cc1NC(=S)N(Cc1ccc2c(c1)OCO2)Cc1ccco1. The molecule has 0 aliphatic carbocycles. The number of benzene rings is 2. The summed E-state index contributed by atoms with van der Waals surface area (Å²) in [5.41, 5.74) is 3.00. The Labute approximate surface area is 175 Å². The quantitative estimate of drug-likeness (QED) is 0.590. The van der Waals surface area contributed by atoms with Gasteiger partial charge < -0.3 is 28.8 Å². The van der Waals surface area contributed by atoms with E-state index in [0.717, 1.165) is 39.8 Å². The fourth-order valence-corrected chi connectivity index (χ4v) is 3.40. The lowest BCUT2D eigenvalue weighted by Crippen LogP contribution is -2.33. The first-order valence-corrected chi connectivity index (χ1v) is 9.64. The minimum atomic E-state index is 0.252. The Kier molecular flexibility index (Phi) is 5.57. The molecule has 1 aromatic heterocycles. The van der Waals surface area contributed by atoms with E-state index in [1.807, 2.05) is 60.4 Å². The smallest absolute Gasteiger partial charge is 0.231 e. The highest BCUT2D eigenvalue weighted by atomic mass is 32.1. The summed E-state index contributed by atoms with van der Waals surface area (Å²) in [7, 11) is 1.64. The predicted molar refractivity (Wildman–Crippen MR) is 114 cm³/mol. The molecule has 2 aromatic carbocycles. The lowest BCUT2D eigenvalue weighted by Gasteiger charge is -2.26. The Bertz CT molecular complexity index is 1000. The standard InChI is InChI=1S/C22H22N2O4S/c1-15-5-7-19(25-2)18(10-15)23-22(29)24(13-17-4-3-9-26-17)12-16-6-8-20-21(11-16)28-14-27-20/h3-11H,12-14H2,1-2H3,(H,23,29). The van der Waals surface area contributed by atoms with Crippen LogP contribution < -0.4 is 19.5 Å². The Morgan fingerprint density at radius 1 is 1.10 bits per heavy atom. The van der Waals surface area contributed by atoms with Crippen LogP contribution in [0.3, 0.4) is 0 Å². The van der Waals surface area contributed by atoms with Gasteiger partial charge in [-0.15, -0.1) is 0 Å². The Morgan fingerprint density at radius 3 is 2.76 bits per heavy atom. The molecule has 1 N–H and O–H groups in total. The molecule has 0 amide bonds. The number of anilines is 1. The number of aryl methyl sites for hydroxylation is 1. The first-order valence-electron chi connectivity index (χ1n) is 9.24. The number of hydrogen-bond acceptors (Lipinski definition) is 5. The number of methoxy groups -OCH3 is 1. The Morgan fingerprint density at radius 2 is 1.97 bits per heavy atom. The molecule has 1 aliphatic rings. The molecule has 1 aliphatic heterocycles. The van der Waals surface area contributed by atoms with Gasteiger partial charge in [0.1, 0.15) is 11.5 Å². The molecular formula is C22H22N2O4S. The number of rotatable bonds is 6. The van der Waals surface area contributed by atoms with Crippen LogP contribution in [0, 0.1) is 6.92 Å². The number of nitrogens with one attached hydrogen (secondary N) is 1. The number of hydrogen-bond donors (Lipinski definition) is 1. The average Bonchev–Trinajstić information content (AvgIpc) is 3.39. The Hall–Kier alpha value is -3.19. The van der Waals surface area contributed by atoms with Crippen molar-refractivity contribution in [2.75, 3.05) is 19.2 Å². The zero-order chi connectivity index (χ0) is 20.2. The van der Waals surface area contributed by atoms with Crippen LogP contribution in [-0.4, -0.2) is 23.9 Å². The largest absolute Gasteiger partial charge is 0.495 e. The number of thiocarbonyl (C=S) groups is 1. The fourth-order valence-electron chi connectivity index (χ4n) is 3.16. The predicted octanol–water partition coefficient (Wildman–Crippen LogP) is 4.72. The summed E-state index contributed by atoms with van der Waals surface area (Å²) in [5, 5.41) is 3.89. The molecule has 6 nitrogen and oxygen atoms in total. The van der Waals surface area contributed by atoms with Gasteiger partial charge in [-0.05, 0) is 66.7 Å². The van der Waals surface area contributed by atoms with Crippen LogP contribution in [0.1, 0.15) is 16.9 Å². The molecule has 3 aromatic rings. The van der Waals surface area contributed by atoms with Crippen molar-refractivity contribution in [2.24, 2.45) is 0 Å². The van der Waals surface area contributed by atoms with Crippen molar-refractivity contribution in [1.29, 1.82) is 0 Å². The molecule has 2 heterocycles. The number of fused-ring (bicyclic) bond motifs is 1. The van der Waals surface area contributed by atoms with Crippen LogP contribution in [0.15, 0.2) is 59.2 Å². The number of ether oxygens (including phenoxy) is 3. The normalized spacial score (nSPS) is 11.9. The van der Waals surface area contributed by atoms with E-state index in [9.17, 15) is 0 Å². The molecule has 0 atom stereocenters. The highest BCUT2D eigenvalue weighted by Gasteiger charge is 2.18. The first kappa shape index (κ1) is 19.1. The topological polar surface area (TPSA) is 56.1 Å². The lowest BCUT2D eigenvalue weighted by atomic mass is 10.2. The molecule has 4 rings (SSSR count). The molecule has 0 saturated heterocycles. The third-order valence-electron chi connectivity index (χ3n) is 4.62. The van der Waals surface area contributed by atoms with Crippen LogP contribution in [0.4, 0.5) is 5.69 Å². The third-order valence-corrected chi connectivity index (χ3v) is 4.98. The van der Waals surface area contributed by atoms with E-state index < -0.39 is 0 Å². The summed E-state index contributed by atoms with van der Waals surface area (Å²) in [6.07, 6.45) is 1.66. The summed E-state index contributed by atoms with van der Waals surface area (Å²) in [5.74, 6) is 3.07. The molecule has 150 valence electrons. The second-order valence-corrected chi connectivity index (χ2v) is 7.14. The summed E-state index contributed by atoms with van der Waals surface area (Å²) in [6.45, 7) is 3.39. The fraction of sp³-hybridized carbons (Fsp3) is 0.227. The zero-order valence-electron chi connectivity index (χ0n) is 16.3. The van der Waals surface area contributed by atoms with Gasteiger partial charge in [0.15, 0.2) is 16.6 Å². The summed E-state index contributed by atoms with van der Waals surface area (Å²) < 4.78 is 21.9. The van der Waals surface area contributed by atoms with E-state index in [-0.39, 0.29) is 6.79 Å². The maximum atomic E-state index is 5.74. The van der Waals surface area contributed by atoms with Gasteiger partial charge >= 0.3 is 0 Å². The van der Waals surface area contributed by atoms with Gasteiger partial charge in [0.2, 0.25) is 6.79 Å². The van der Waals surface area contributed by atoms with Gasteiger partial charge in [0.05, 0.1) is 25.6 Å². The van der Waals surface area contributed by atoms with E-state index in [1.54, 1.807) is 13.4 Å². The highest BCUT2D eigenvalue weighted by molar-refractivity contribution is 7.80. The van der Waals surface area contributed by atoms with Gasteiger partial charge in [-0.1, -0.05) is 12.1 Å². The molecule has 0 radical (unpaired) electrons. The highest BCUT2D eigenvalue weighted by Crippen LogP contribution is 2.33. The van der Waals surface area contributed by atoms with Crippen LogP contribution in [0.25, 0.3) is 0 Å². The van der Waals surface area contributed by atoms with Crippen molar-refractivity contribution in [1.82, 2.24) is 4.90 Å². The molecular weight excluding hydrogens is 388 g/mol. The van der Waals surface area contributed by atoms with Gasteiger partial charge in [0, 0.05) is 6.54 Å². The molecule has 29 heavy (non-hydrogen) atoms.